The van der Waals surface area contributed by atoms with Crippen LogP contribution in [0.5, 0.6) is 0 Å². The maximum atomic E-state index is 4.60. The molecule has 10 rings (SSSR count). The molecule has 2 aliphatic carbocycles. The summed E-state index contributed by atoms with van der Waals surface area (Å²) in [6.45, 7) is 0. The molecule has 0 bridgehead atoms. The van der Waals surface area contributed by atoms with Crippen molar-refractivity contribution in [2.75, 3.05) is 0 Å². The van der Waals surface area contributed by atoms with Crippen LogP contribution in [0.3, 0.4) is 0 Å². The van der Waals surface area contributed by atoms with E-state index in [-0.39, 0.29) is 0 Å². The fourth-order valence-corrected chi connectivity index (χ4v) is 8.11. The second-order valence-electron chi connectivity index (χ2n) is 12.2. The smallest absolute Gasteiger partial charge is 0.0731 e. The molecule has 0 saturated heterocycles. The molecular weight excluding hydrogens is 544 g/mol. The normalized spacial score (nSPS) is 13.5. The van der Waals surface area contributed by atoms with Crippen LogP contribution in [0.15, 0.2) is 158 Å². The Morgan fingerprint density at radius 3 is 1.98 bits per heavy atom. The Morgan fingerprint density at radius 1 is 0.422 bits per heavy atom. The highest BCUT2D eigenvalue weighted by atomic mass is 14.7. The van der Waals surface area contributed by atoms with Crippen LogP contribution in [-0.2, 0) is 5.41 Å². The molecule has 45 heavy (non-hydrogen) atoms. The summed E-state index contributed by atoms with van der Waals surface area (Å²) in [6.07, 6.45) is 5.67. The number of hydrogen-bond donors (Lipinski definition) is 0. The van der Waals surface area contributed by atoms with Gasteiger partial charge in [-0.25, -0.2) is 0 Å². The Labute approximate surface area is 261 Å². The third-order valence-corrected chi connectivity index (χ3v) is 9.96. The van der Waals surface area contributed by atoms with Crippen LogP contribution in [0, 0.1) is 0 Å². The maximum Gasteiger partial charge on any atom is 0.0731 e. The van der Waals surface area contributed by atoms with E-state index in [9.17, 15) is 0 Å². The summed E-state index contributed by atoms with van der Waals surface area (Å²) in [6, 6.07) is 51.5. The van der Waals surface area contributed by atoms with Crippen molar-refractivity contribution in [1.82, 2.24) is 9.97 Å². The van der Waals surface area contributed by atoms with E-state index < -0.39 is 5.41 Å². The molecule has 2 aliphatic rings. The van der Waals surface area contributed by atoms with Gasteiger partial charge in [-0.15, -0.1) is 0 Å². The number of pyridine rings is 2. The van der Waals surface area contributed by atoms with Gasteiger partial charge in [0.05, 0.1) is 11.1 Å². The monoisotopic (exact) mass is 570 g/mol. The van der Waals surface area contributed by atoms with Crippen LogP contribution >= 0.6 is 0 Å². The first-order valence-corrected chi connectivity index (χ1v) is 15.5. The molecule has 0 N–H and O–H groups in total. The zero-order valence-electron chi connectivity index (χ0n) is 24.4. The molecule has 8 aromatic rings. The average molecular weight is 571 g/mol. The van der Waals surface area contributed by atoms with Gasteiger partial charge in [0.25, 0.3) is 0 Å². The van der Waals surface area contributed by atoms with Crippen LogP contribution < -0.4 is 0 Å². The van der Waals surface area contributed by atoms with Crippen LogP contribution in [0.1, 0.15) is 22.3 Å². The van der Waals surface area contributed by atoms with E-state index in [2.05, 4.69) is 131 Å². The van der Waals surface area contributed by atoms with Crippen molar-refractivity contribution in [3.05, 3.63) is 180 Å². The van der Waals surface area contributed by atoms with E-state index in [0.717, 1.165) is 22.4 Å². The van der Waals surface area contributed by atoms with Crippen molar-refractivity contribution < 1.29 is 0 Å². The van der Waals surface area contributed by atoms with Crippen LogP contribution in [0.25, 0.3) is 66.2 Å². The number of rotatable bonds is 2. The van der Waals surface area contributed by atoms with E-state index >= 15 is 0 Å². The zero-order valence-corrected chi connectivity index (χ0v) is 24.4. The first-order valence-electron chi connectivity index (χ1n) is 15.5. The second-order valence-corrected chi connectivity index (χ2v) is 12.2. The molecule has 0 amide bonds. The number of fused-ring (bicyclic) bond motifs is 13. The summed E-state index contributed by atoms with van der Waals surface area (Å²) in [7, 11) is 0. The minimum Gasteiger partial charge on any atom is -0.263 e. The van der Waals surface area contributed by atoms with Crippen LogP contribution in [0.4, 0.5) is 0 Å². The standard InChI is InChI=1S/C43H26N2/c1-2-10-33-27(9-1)18-19-36-37-23-29-17-16-28(31-22-32(26-44-25-31)41-15-7-8-20-45-41)21-30(29)24-40(37)43(42(33)36)38-13-5-3-11-34(38)35-12-4-6-14-39(35)43/h1-26H. The molecule has 2 aromatic heterocycles. The van der Waals surface area contributed by atoms with Gasteiger partial charge in [-0.3, -0.25) is 9.97 Å². The Morgan fingerprint density at radius 2 is 1.16 bits per heavy atom. The Bertz CT molecular complexity index is 2450. The summed E-state index contributed by atoms with van der Waals surface area (Å²) >= 11 is 0. The number of aromatic nitrogens is 2. The predicted molar refractivity (Wildman–Crippen MR) is 184 cm³/mol. The number of hydrogen-bond acceptors (Lipinski definition) is 2. The van der Waals surface area contributed by atoms with Gasteiger partial charge < -0.3 is 0 Å². The van der Waals surface area contributed by atoms with Crippen molar-refractivity contribution in [3.8, 4) is 44.6 Å². The summed E-state index contributed by atoms with van der Waals surface area (Å²) in [5, 5.41) is 5.06. The highest BCUT2D eigenvalue weighted by Gasteiger charge is 2.52. The minimum atomic E-state index is -0.399. The maximum absolute atomic E-state index is 4.60. The molecule has 0 radical (unpaired) electrons. The van der Waals surface area contributed by atoms with Crippen molar-refractivity contribution in [1.29, 1.82) is 0 Å². The molecule has 6 aromatic carbocycles. The highest BCUT2D eigenvalue weighted by Crippen LogP contribution is 2.64. The topological polar surface area (TPSA) is 25.8 Å². The molecule has 2 heteroatoms. The van der Waals surface area contributed by atoms with Crippen molar-refractivity contribution >= 4 is 21.5 Å². The first-order chi connectivity index (χ1) is 22.3. The summed E-state index contributed by atoms with van der Waals surface area (Å²) in [5.41, 5.74) is 14.6. The van der Waals surface area contributed by atoms with Gasteiger partial charge >= 0.3 is 0 Å². The summed E-state index contributed by atoms with van der Waals surface area (Å²) in [4.78, 5) is 9.15. The fraction of sp³-hybridized carbons (Fsp3) is 0.0233. The lowest BCUT2D eigenvalue weighted by atomic mass is 9.69. The first kappa shape index (κ1) is 24.6. The van der Waals surface area contributed by atoms with Gasteiger partial charge in [-0.1, -0.05) is 103 Å². The highest BCUT2D eigenvalue weighted by molar-refractivity contribution is 6.06. The lowest BCUT2D eigenvalue weighted by Crippen LogP contribution is -2.26. The Hall–Kier alpha value is -5.86. The number of nitrogens with zero attached hydrogens (tertiary/aromatic N) is 2. The lowest BCUT2D eigenvalue weighted by molar-refractivity contribution is 0.802. The summed E-state index contributed by atoms with van der Waals surface area (Å²) in [5.74, 6) is 0. The van der Waals surface area contributed by atoms with E-state index in [1.54, 1.807) is 0 Å². The Kier molecular flexibility index (Phi) is 4.95. The van der Waals surface area contributed by atoms with E-state index in [1.165, 1.54) is 66.1 Å². The molecule has 0 fully saturated rings. The molecule has 2 heterocycles. The largest absolute Gasteiger partial charge is 0.263 e. The zero-order chi connectivity index (χ0) is 29.5. The van der Waals surface area contributed by atoms with E-state index in [4.69, 9.17) is 0 Å². The van der Waals surface area contributed by atoms with E-state index in [0.29, 0.717) is 0 Å². The molecule has 0 saturated carbocycles. The molecule has 1 spiro atoms. The predicted octanol–water partition coefficient (Wildman–Crippen LogP) is 10.5. The molecule has 0 unspecified atom stereocenters. The van der Waals surface area contributed by atoms with Gasteiger partial charge in [0.1, 0.15) is 0 Å². The van der Waals surface area contributed by atoms with Gasteiger partial charge in [0.15, 0.2) is 0 Å². The lowest BCUT2D eigenvalue weighted by Gasteiger charge is -2.31. The molecule has 0 atom stereocenters. The van der Waals surface area contributed by atoms with Crippen molar-refractivity contribution in [2.45, 2.75) is 5.41 Å². The SMILES string of the molecule is c1ccc(-c2cncc(-c3ccc4cc5c(cc4c3)C3(c4ccccc4-c4ccccc43)c3c-5ccc4ccccc34)c2)nc1. The molecule has 208 valence electrons. The molecule has 2 nitrogen and oxygen atoms in total. The number of benzene rings is 6. The van der Waals surface area contributed by atoms with Gasteiger partial charge in [-0.2, -0.15) is 0 Å². The van der Waals surface area contributed by atoms with Gasteiger partial charge in [0, 0.05) is 29.7 Å². The quantitative estimate of drug-likeness (QED) is 0.207. The van der Waals surface area contributed by atoms with Crippen LogP contribution in [-0.4, -0.2) is 9.97 Å². The van der Waals surface area contributed by atoms with Gasteiger partial charge in [-0.05, 0) is 108 Å². The third-order valence-electron chi connectivity index (χ3n) is 9.96. The Balaban J connectivity index is 1.27. The molecule has 0 aliphatic heterocycles. The van der Waals surface area contributed by atoms with E-state index in [1.807, 2.05) is 36.8 Å². The van der Waals surface area contributed by atoms with Crippen molar-refractivity contribution in [3.63, 3.8) is 0 Å². The molecular formula is C43H26N2. The second kappa shape index (κ2) is 9.07. The van der Waals surface area contributed by atoms with Gasteiger partial charge in [0.2, 0.25) is 0 Å². The minimum absolute atomic E-state index is 0.399. The fourth-order valence-electron chi connectivity index (χ4n) is 8.11. The average Bonchev–Trinajstić information content (AvgIpc) is 3.58. The van der Waals surface area contributed by atoms with Crippen LogP contribution in [0.2, 0.25) is 0 Å². The summed E-state index contributed by atoms with van der Waals surface area (Å²) < 4.78 is 0. The van der Waals surface area contributed by atoms with Crippen molar-refractivity contribution in [2.24, 2.45) is 0 Å². The third kappa shape index (κ3) is 3.29.